The van der Waals surface area contributed by atoms with Crippen LogP contribution in [0.2, 0.25) is 5.02 Å². The van der Waals surface area contributed by atoms with Crippen molar-refractivity contribution in [3.05, 3.63) is 28.8 Å². The maximum atomic E-state index is 12.9. The molecule has 5 nitrogen and oxygen atoms in total. The second-order valence-electron chi connectivity index (χ2n) is 7.34. The van der Waals surface area contributed by atoms with Crippen LogP contribution in [-0.2, 0) is 15.8 Å². The number of nitrogens with zero attached hydrogens (tertiary/aromatic N) is 2. The van der Waals surface area contributed by atoms with Crippen LogP contribution in [0.3, 0.4) is 0 Å². The third-order valence-electron chi connectivity index (χ3n) is 5.06. The Balaban J connectivity index is 1.94. The Morgan fingerprint density at radius 3 is 2.50 bits per heavy atom. The molecule has 1 atom stereocenters. The third-order valence-corrected chi connectivity index (χ3v) is 5.39. The van der Waals surface area contributed by atoms with E-state index in [-0.39, 0.29) is 18.1 Å². The molecule has 1 aromatic rings. The van der Waals surface area contributed by atoms with Crippen molar-refractivity contribution in [1.29, 1.82) is 0 Å². The number of rotatable bonds is 5. The number of amides is 2. The van der Waals surface area contributed by atoms with Crippen molar-refractivity contribution in [1.82, 2.24) is 9.80 Å². The monoisotopic (exact) mass is 419 g/mol. The van der Waals surface area contributed by atoms with Gasteiger partial charge in [-0.25, -0.2) is 0 Å². The van der Waals surface area contributed by atoms with Crippen LogP contribution in [0.5, 0.6) is 0 Å². The van der Waals surface area contributed by atoms with Crippen molar-refractivity contribution in [2.75, 3.05) is 32.0 Å². The highest BCUT2D eigenvalue weighted by Gasteiger charge is 2.33. The molecular weight excluding hydrogens is 395 g/mol. The molecule has 0 radical (unpaired) electrons. The zero-order valence-electron chi connectivity index (χ0n) is 16.1. The number of nitrogens with one attached hydrogen (secondary N) is 1. The first-order valence-corrected chi connectivity index (χ1v) is 9.52. The molecule has 2 amide bonds. The van der Waals surface area contributed by atoms with E-state index in [1.54, 1.807) is 23.8 Å². The van der Waals surface area contributed by atoms with E-state index < -0.39 is 28.7 Å². The second kappa shape index (κ2) is 9.13. The Hall–Kier alpha value is -1.80. The molecule has 0 aliphatic carbocycles. The minimum absolute atomic E-state index is 0.000812. The van der Waals surface area contributed by atoms with E-state index in [0.29, 0.717) is 19.0 Å². The molecule has 28 heavy (non-hydrogen) atoms. The fraction of sp³-hybridized carbons (Fsp3) is 0.579. The summed E-state index contributed by atoms with van der Waals surface area (Å²) in [4.78, 5) is 28.2. The first-order chi connectivity index (χ1) is 13.0. The van der Waals surface area contributed by atoms with E-state index in [2.05, 4.69) is 12.2 Å². The Morgan fingerprint density at radius 2 is 1.93 bits per heavy atom. The second-order valence-corrected chi connectivity index (χ2v) is 7.75. The van der Waals surface area contributed by atoms with E-state index in [4.69, 9.17) is 11.6 Å². The molecule has 1 aromatic carbocycles. The van der Waals surface area contributed by atoms with Crippen molar-refractivity contribution < 1.29 is 22.8 Å². The molecule has 0 aromatic heterocycles. The molecule has 1 unspecified atom stereocenters. The van der Waals surface area contributed by atoms with Gasteiger partial charge in [-0.3, -0.25) is 14.5 Å². The number of piperidine rings is 1. The quantitative estimate of drug-likeness (QED) is 0.788. The number of hydrogen-bond acceptors (Lipinski definition) is 3. The molecule has 1 aliphatic heterocycles. The molecule has 2 rings (SSSR count). The lowest BCUT2D eigenvalue weighted by Crippen LogP contribution is -2.49. The Bertz CT molecular complexity index is 719. The van der Waals surface area contributed by atoms with Gasteiger partial charge in [-0.05, 0) is 50.9 Å². The largest absolute Gasteiger partial charge is 0.417 e. The predicted octanol–water partition coefficient (Wildman–Crippen LogP) is 3.88. The number of likely N-dealkylation sites (N-methyl/N-ethyl adjacent to an activating group) is 1. The van der Waals surface area contributed by atoms with Gasteiger partial charge >= 0.3 is 6.18 Å². The molecule has 1 saturated heterocycles. The van der Waals surface area contributed by atoms with Gasteiger partial charge in [-0.2, -0.15) is 13.2 Å². The lowest BCUT2D eigenvalue weighted by Gasteiger charge is -2.34. The van der Waals surface area contributed by atoms with Crippen molar-refractivity contribution in [3.63, 3.8) is 0 Å². The van der Waals surface area contributed by atoms with E-state index in [0.717, 1.165) is 25.0 Å². The van der Waals surface area contributed by atoms with Crippen LogP contribution in [0.1, 0.15) is 32.3 Å². The fourth-order valence-electron chi connectivity index (χ4n) is 3.07. The van der Waals surface area contributed by atoms with Crippen molar-refractivity contribution in [2.45, 2.75) is 38.9 Å². The number of carbonyl (C=O) groups is 2. The lowest BCUT2D eigenvalue weighted by atomic mass is 9.99. The standard InChI is InChI=1S/C19H25ClF3N3O2/c1-12-6-8-26(9-7-12)18(28)13(2)25(3)11-17(27)24-14-4-5-16(20)15(10-14)19(21,22)23/h4-5,10,12-13H,6-9,11H2,1-3H3,(H,24,27). The van der Waals surface area contributed by atoms with Crippen molar-refractivity contribution in [2.24, 2.45) is 5.92 Å². The summed E-state index contributed by atoms with van der Waals surface area (Å²) in [7, 11) is 1.64. The van der Waals surface area contributed by atoms with E-state index in [1.807, 2.05) is 0 Å². The summed E-state index contributed by atoms with van der Waals surface area (Å²) in [6.45, 7) is 5.16. The number of halogens is 4. The van der Waals surface area contributed by atoms with Gasteiger partial charge in [0.15, 0.2) is 0 Å². The highest BCUT2D eigenvalue weighted by molar-refractivity contribution is 6.31. The number of likely N-dealkylation sites (tertiary alicyclic amines) is 1. The minimum Gasteiger partial charge on any atom is -0.341 e. The molecule has 9 heteroatoms. The maximum Gasteiger partial charge on any atom is 0.417 e. The van der Waals surface area contributed by atoms with Gasteiger partial charge in [0.05, 0.1) is 23.2 Å². The van der Waals surface area contributed by atoms with Crippen LogP contribution in [0.15, 0.2) is 18.2 Å². The van der Waals surface area contributed by atoms with Crippen LogP contribution in [0.4, 0.5) is 18.9 Å². The third kappa shape index (κ3) is 5.85. The number of hydrogen-bond donors (Lipinski definition) is 1. The summed E-state index contributed by atoms with van der Waals surface area (Å²) < 4.78 is 38.8. The zero-order chi connectivity index (χ0) is 21.1. The average molecular weight is 420 g/mol. The minimum atomic E-state index is -4.61. The first-order valence-electron chi connectivity index (χ1n) is 9.14. The van der Waals surface area contributed by atoms with Crippen molar-refractivity contribution in [3.8, 4) is 0 Å². The van der Waals surface area contributed by atoms with Crippen molar-refractivity contribution >= 4 is 29.1 Å². The first kappa shape index (κ1) is 22.5. The molecule has 1 aliphatic rings. The van der Waals surface area contributed by atoms with E-state index >= 15 is 0 Å². The maximum absolute atomic E-state index is 12.9. The van der Waals surface area contributed by atoms with E-state index in [1.165, 1.54) is 6.07 Å². The molecule has 1 N–H and O–H groups in total. The summed E-state index contributed by atoms with van der Waals surface area (Å²) in [6, 6.07) is 2.69. The fourth-order valence-corrected chi connectivity index (χ4v) is 3.29. The van der Waals surface area contributed by atoms with Crippen LogP contribution < -0.4 is 5.32 Å². The van der Waals surface area contributed by atoms with Gasteiger partial charge in [0.1, 0.15) is 0 Å². The SMILES string of the molecule is CC1CCN(C(=O)C(C)N(C)CC(=O)Nc2ccc(Cl)c(C(F)(F)F)c2)CC1. The Kier molecular flexibility index (Phi) is 7.33. The van der Waals surface area contributed by atoms with Gasteiger partial charge < -0.3 is 10.2 Å². The van der Waals surface area contributed by atoms with Gasteiger partial charge in [0.2, 0.25) is 11.8 Å². The average Bonchev–Trinajstić information content (AvgIpc) is 2.61. The summed E-state index contributed by atoms with van der Waals surface area (Å²) in [5, 5.41) is 1.99. The molecule has 156 valence electrons. The van der Waals surface area contributed by atoms with Gasteiger partial charge in [-0.15, -0.1) is 0 Å². The van der Waals surface area contributed by atoms with Gasteiger partial charge in [0, 0.05) is 18.8 Å². The zero-order valence-corrected chi connectivity index (χ0v) is 16.9. The summed E-state index contributed by atoms with van der Waals surface area (Å²) in [5.41, 5.74) is -1.01. The summed E-state index contributed by atoms with van der Waals surface area (Å²) in [5.74, 6) is 0.0433. The van der Waals surface area contributed by atoms with Crippen LogP contribution in [0, 0.1) is 5.92 Å². The van der Waals surface area contributed by atoms with Gasteiger partial charge in [-0.1, -0.05) is 18.5 Å². The molecule has 1 fully saturated rings. The number of alkyl halides is 3. The van der Waals surface area contributed by atoms with E-state index in [9.17, 15) is 22.8 Å². The van der Waals surface area contributed by atoms with Crippen LogP contribution in [0.25, 0.3) is 0 Å². The van der Waals surface area contributed by atoms with Crippen LogP contribution in [-0.4, -0.2) is 54.3 Å². The highest BCUT2D eigenvalue weighted by atomic mass is 35.5. The topological polar surface area (TPSA) is 52.7 Å². The molecular formula is C19H25ClF3N3O2. The number of anilines is 1. The number of benzene rings is 1. The summed E-state index contributed by atoms with van der Waals surface area (Å²) >= 11 is 5.58. The Labute approximate surface area is 167 Å². The highest BCUT2D eigenvalue weighted by Crippen LogP contribution is 2.36. The number of carbonyl (C=O) groups excluding carboxylic acids is 2. The normalized spacial score (nSPS) is 16.9. The molecule has 0 bridgehead atoms. The summed E-state index contributed by atoms with van der Waals surface area (Å²) in [6.07, 6.45) is -2.69. The Morgan fingerprint density at radius 1 is 1.32 bits per heavy atom. The molecule has 0 spiro atoms. The van der Waals surface area contributed by atoms with Gasteiger partial charge in [0.25, 0.3) is 0 Å². The smallest absolute Gasteiger partial charge is 0.341 e. The molecule has 1 heterocycles. The van der Waals surface area contributed by atoms with Crippen LogP contribution >= 0.6 is 11.6 Å². The predicted molar refractivity (Wildman–Crippen MR) is 102 cm³/mol. The molecule has 0 saturated carbocycles. The lowest BCUT2D eigenvalue weighted by molar-refractivity contribution is -0.138.